The van der Waals surface area contributed by atoms with E-state index >= 15 is 0 Å². The van der Waals surface area contributed by atoms with E-state index in [1.165, 1.54) is 21.1 Å². The molecule has 27 heavy (non-hydrogen) atoms. The topological polar surface area (TPSA) is 90.8 Å². The first-order chi connectivity index (χ1) is 13.0. The molecule has 0 radical (unpaired) electrons. The average Bonchev–Trinajstić information content (AvgIpc) is 3.17. The standard InChI is InChI=1S/C18H21N5O3S/c1-2-21-8-10-22(11-9-21)27(25,26)15-5-3-4-14(12-15)16-13-18(24)23-17(20-16)6-7-19-23/h3-7,12-13,20H,2,8-11H2,1H3. The summed E-state index contributed by atoms with van der Waals surface area (Å²) in [7, 11) is -3.57. The van der Waals surface area contributed by atoms with Crippen molar-refractivity contribution in [3.8, 4) is 11.3 Å². The van der Waals surface area contributed by atoms with Crippen LogP contribution in [0.25, 0.3) is 16.9 Å². The van der Waals surface area contributed by atoms with Crippen LogP contribution < -0.4 is 5.56 Å². The smallest absolute Gasteiger partial charge is 0.274 e. The number of aromatic amines is 1. The van der Waals surface area contributed by atoms with Crippen molar-refractivity contribution in [2.45, 2.75) is 11.8 Å². The fourth-order valence-electron chi connectivity index (χ4n) is 3.35. The van der Waals surface area contributed by atoms with E-state index in [0.717, 1.165) is 19.6 Å². The molecule has 0 bridgehead atoms. The maximum Gasteiger partial charge on any atom is 0.274 e. The molecule has 3 heterocycles. The highest BCUT2D eigenvalue weighted by atomic mass is 32.2. The fraction of sp³-hybridized carbons (Fsp3) is 0.333. The lowest BCUT2D eigenvalue weighted by molar-refractivity contribution is 0.196. The first kappa shape index (κ1) is 17.9. The van der Waals surface area contributed by atoms with Gasteiger partial charge in [-0.3, -0.25) is 4.79 Å². The monoisotopic (exact) mass is 387 g/mol. The number of benzene rings is 1. The van der Waals surface area contributed by atoms with Crippen molar-refractivity contribution in [3.63, 3.8) is 0 Å². The van der Waals surface area contributed by atoms with E-state index in [9.17, 15) is 13.2 Å². The molecule has 0 unspecified atom stereocenters. The molecule has 142 valence electrons. The van der Waals surface area contributed by atoms with Gasteiger partial charge in [0.15, 0.2) is 0 Å². The number of hydrogen-bond acceptors (Lipinski definition) is 5. The van der Waals surface area contributed by atoms with Crippen molar-refractivity contribution >= 4 is 15.7 Å². The van der Waals surface area contributed by atoms with Gasteiger partial charge in [-0.25, -0.2) is 8.42 Å². The molecule has 0 aliphatic carbocycles. The molecule has 1 aliphatic heterocycles. The molecule has 1 aliphatic rings. The highest BCUT2D eigenvalue weighted by molar-refractivity contribution is 7.89. The number of piperazine rings is 1. The normalized spacial score (nSPS) is 16.8. The van der Waals surface area contributed by atoms with E-state index < -0.39 is 10.0 Å². The zero-order chi connectivity index (χ0) is 19.0. The molecular formula is C18H21N5O3S. The molecular weight excluding hydrogens is 366 g/mol. The van der Waals surface area contributed by atoms with Gasteiger partial charge in [-0.15, -0.1) is 0 Å². The number of likely N-dealkylation sites (N-methyl/N-ethyl adjacent to an activating group) is 1. The van der Waals surface area contributed by atoms with Crippen LogP contribution in [-0.4, -0.2) is 64.9 Å². The predicted octanol–water partition coefficient (Wildman–Crippen LogP) is 1.02. The number of nitrogens with zero attached hydrogens (tertiary/aromatic N) is 4. The summed E-state index contributed by atoms with van der Waals surface area (Å²) in [5.74, 6) is 0. The third kappa shape index (κ3) is 3.29. The number of aromatic nitrogens is 3. The SMILES string of the molecule is CCN1CCN(S(=O)(=O)c2cccc(-c3cc(=O)n4nccc4[nH]3)c2)CC1. The van der Waals surface area contributed by atoms with Gasteiger partial charge in [-0.05, 0) is 24.2 Å². The molecule has 2 aromatic heterocycles. The van der Waals surface area contributed by atoms with Crippen LogP contribution in [-0.2, 0) is 10.0 Å². The van der Waals surface area contributed by atoms with E-state index in [1.54, 1.807) is 30.3 Å². The van der Waals surface area contributed by atoms with Crippen molar-refractivity contribution in [3.05, 3.63) is 52.9 Å². The summed E-state index contributed by atoms with van der Waals surface area (Å²) in [6.07, 6.45) is 1.54. The lowest BCUT2D eigenvalue weighted by Crippen LogP contribution is -2.48. The van der Waals surface area contributed by atoms with Crippen molar-refractivity contribution in [1.29, 1.82) is 0 Å². The minimum atomic E-state index is -3.57. The summed E-state index contributed by atoms with van der Waals surface area (Å²) in [6, 6.07) is 9.81. The van der Waals surface area contributed by atoms with E-state index in [4.69, 9.17) is 0 Å². The second-order valence-corrected chi connectivity index (χ2v) is 8.45. The number of nitrogens with one attached hydrogen (secondary N) is 1. The van der Waals surface area contributed by atoms with Gasteiger partial charge in [0.1, 0.15) is 5.65 Å². The van der Waals surface area contributed by atoms with Gasteiger partial charge in [-0.1, -0.05) is 19.1 Å². The van der Waals surface area contributed by atoms with Crippen LogP contribution in [0.4, 0.5) is 0 Å². The summed E-state index contributed by atoms with van der Waals surface area (Å²) in [5, 5.41) is 3.95. The second kappa shape index (κ2) is 6.91. The Bertz CT molecular complexity index is 1130. The van der Waals surface area contributed by atoms with Crippen molar-refractivity contribution < 1.29 is 8.42 Å². The Morgan fingerprint density at radius 2 is 1.89 bits per heavy atom. The van der Waals surface area contributed by atoms with Gasteiger partial charge in [0.25, 0.3) is 5.56 Å². The molecule has 0 spiro atoms. The van der Waals surface area contributed by atoms with Gasteiger partial charge in [0, 0.05) is 38.3 Å². The van der Waals surface area contributed by atoms with Gasteiger partial charge >= 0.3 is 0 Å². The molecule has 9 heteroatoms. The van der Waals surface area contributed by atoms with Crippen LogP contribution in [0.1, 0.15) is 6.92 Å². The molecule has 1 fully saturated rings. The Labute approximate surface area is 157 Å². The van der Waals surface area contributed by atoms with E-state index in [2.05, 4.69) is 21.9 Å². The number of H-pyrrole nitrogens is 1. The predicted molar refractivity (Wildman–Crippen MR) is 102 cm³/mol. The Hall–Kier alpha value is -2.49. The quantitative estimate of drug-likeness (QED) is 0.722. The summed E-state index contributed by atoms with van der Waals surface area (Å²) in [6.45, 7) is 5.44. The molecule has 4 rings (SSSR count). The molecule has 0 amide bonds. The minimum absolute atomic E-state index is 0.235. The maximum absolute atomic E-state index is 13.0. The molecule has 1 aromatic carbocycles. The van der Waals surface area contributed by atoms with Crippen LogP contribution in [0.2, 0.25) is 0 Å². The van der Waals surface area contributed by atoms with Gasteiger partial charge in [0.2, 0.25) is 10.0 Å². The molecule has 1 N–H and O–H groups in total. The highest BCUT2D eigenvalue weighted by Gasteiger charge is 2.28. The number of fused-ring (bicyclic) bond motifs is 1. The Morgan fingerprint density at radius 3 is 2.63 bits per heavy atom. The Morgan fingerprint density at radius 1 is 1.11 bits per heavy atom. The zero-order valence-electron chi connectivity index (χ0n) is 15.0. The molecule has 0 saturated carbocycles. The van der Waals surface area contributed by atoms with Crippen LogP contribution in [0, 0.1) is 0 Å². The van der Waals surface area contributed by atoms with E-state index in [-0.39, 0.29) is 10.5 Å². The van der Waals surface area contributed by atoms with Gasteiger partial charge in [0.05, 0.1) is 16.8 Å². The van der Waals surface area contributed by atoms with Crippen molar-refractivity contribution in [2.24, 2.45) is 0 Å². The summed E-state index contributed by atoms with van der Waals surface area (Å²) in [4.78, 5) is 17.8. The lowest BCUT2D eigenvalue weighted by Gasteiger charge is -2.33. The van der Waals surface area contributed by atoms with Gasteiger partial charge in [-0.2, -0.15) is 13.9 Å². The van der Waals surface area contributed by atoms with Gasteiger partial charge < -0.3 is 9.88 Å². The van der Waals surface area contributed by atoms with Crippen LogP contribution >= 0.6 is 0 Å². The molecule has 8 nitrogen and oxygen atoms in total. The third-order valence-corrected chi connectivity index (χ3v) is 6.84. The third-order valence-electron chi connectivity index (χ3n) is 4.94. The van der Waals surface area contributed by atoms with Crippen molar-refractivity contribution in [1.82, 2.24) is 23.8 Å². The van der Waals surface area contributed by atoms with Crippen LogP contribution in [0.15, 0.2) is 52.3 Å². The Balaban J connectivity index is 1.68. The summed E-state index contributed by atoms with van der Waals surface area (Å²) in [5.41, 5.74) is 1.49. The second-order valence-electron chi connectivity index (χ2n) is 6.52. The largest absolute Gasteiger partial charge is 0.339 e. The number of hydrogen-bond donors (Lipinski definition) is 1. The maximum atomic E-state index is 13.0. The highest BCUT2D eigenvalue weighted by Crippen LogP contribution is 2.23. The Kier molecular flexibility index (Phi) is 4.58. The van der Waals surface area contributed by atoms with Crippen LogP contribution in [0.3, 0.4) is 0 Å². The first-order valence-corrected chi connectivity index (χ1v) is 10.3. The number of rotatable bonds is 4. The van der Waals surface area contributed by atoms with Crippen LogP contribution in [0.5, 0.6) is 0 Å². The van der Waals surface area contributed by atoms with E-state index in [0.29, 0.717) is 30.0 Å². The molecule has 0 atom stereocenters. The summed E-state index contributed by atoms with van der Waals surface area (Å²) >= 11 is 0. The number of sulfonamides is 1. The molecule has 1 saturated heterocycles. The zero-order valence-corrected chi connectivity index (χ0v) is 15.8. The minimum Gasteiger partial charge on any atom is -0.339 e. The first-order valence-electron chi connectivity index (χ1n) is 8.89. The van der Waals surface area contributed by atoms with Crippen molar-refractivity contribution in [2.75, 3.05) is 32.7 Å². The average molecular weight is 387 g/mol. The lowest BCUT2D eigenvalue weighted by atomic mass is 10.1. The van der Waals surface area contributed by atoms with E-state index in [1.807, 2.05) is 0 Å². The fourth-order valence-corrected chi connectivity index (χ4v) is 4.82. The molecule has 3 aromatic rings. The summed E-state index contributed by atoms with van der Waals surface area (Å²) < 4.78 is 28.8.